The minimum atomic E-state index is -3.62. The van der Waals surface area contributed by atoms with Gasteiger partial charge in [-0.3, -0.25) is 14.9 Å². The Morgan fingerprint density at radius 3 is 2.33 bits per heavy atom. The molecule has 9 nitrogen and oxygen atoms in total. The summed E-state index contributed by atoms with van der Waals surface area (Å²) in [6, 6.07) is 8.26. The highest BCUT2D eigenvalue weighted by molar-refractivity contribution is 7.89. The number of amides is 2. The fourth-order valence-corrected chi connectivity index (χ4v) is 3.22. The molecule has 0 atom stereocenters. The molecule has 0 aliphatic carbocycles. The number of hydrogen-bond acceptors (Lipinski definition) is 6. The molecule has 1 aromatic heterocycles. The SMILES string of the molecule is CCNS(=O)(=O)c1ccc(C(=O)OCC(=O)NC(=O)c2cccn2C)cc1. The highest BCUT2D eigenvalue weighted by Gasteiger charge is 2.17. The van der Waals surface area contributed by atoms with Crippen LogP contribution in [0.3, 0.4) is 0 Å². The van der Waals surface area contributed by atoms with E-state index >= 15 is 0 Å². The smallest absolute Gasteiger partial charge is 0.338 e. The number of ether oxygens (including phenoxy) is 1. The summed E-state index contributed by atoms with van der Waals surface area (Å²) in [6.45, 7) is 1.24. The Kier molecular flexibility index (Phi) is 6.48. The lowest BCUT2D eigenvalue weighted by Crippen LogP contribution is -2.35. The van der Waals surface area contributed by atoms with E-state index < -0.39 is 34.4 Å². The first-order valence-corrected chi connectivity index (χ1v) is 9.45. The molecular weight excluding hydrogens is 374 g/mol. The Bertz CT molecular complexity index is 947. The quantitative estimate of drug-likeness (QED) is 0.658. The number of nitrogens with zero attached hydrogens (tertiary/aromatic N) is 1. The zero-order chi connectivity index (χ0) is 20.0. The van der Waals surface area contributed by atoms with E-state index in [1.54, 1.807) is 26.2 Å². The van der Waals surface area contributed by atoms with Crippen LogP contribution in [0.15, 0.2) is 47.5 Å². The van der Waals surface area contributed by atoms with Gasteiger partial charge in [-0.05, 0) is 36.4 Å². The molecule has 2 aromatic rings. The van der Waals surface area contributed by atoms with Gasteiger partial charge >= 0.3 is 5.97 Å². The van der Waals surface area contributed by atoms with Gasteiger partial charge in [0, 0.05) is 19.8 Å². The van der Waals surface area contributed by atoms with Crippen molar-refractivity contribution in [2.24, 2.45) is 7.05 Å². The van der Waals surface area contributed by atoms with Gasteiger partial charge in [-0.15, -0.1) is 0 Å². The molecule has 2 rings (SSSR count). The Morgan fingerprint density at radius 1 is 1.11 bits per heavy atom. The van der Waals surface area contributed by atoms with E-state index in [-0.39, 0.29) is 22.7 Å². The van der Waals surface area contributed by atoms with Gasteiger partial charge in [-0.2, -0.15) is 0 Å². The van der Waals surface area contributed by atoms with Crippen molar-refractivity contribution in [2.75, 3.05) is 13.2 Å². The highest BCUT2D eigenvalue weighted by Crippen LogP contribution is 2.11. The number of esters is 1. The summed E-state index contributed by atoms with van der Waals surface area (Å²) in [7, 11) is -1.97. The number of hydrogen-bond donors (Lipinski definition) is 2. The van der Waals surface area contributed by atoms with Crippen molar-refractivity contribution < 1.29 is 27.5 Å². The first-order chi connectivity index (χ1) is 12.7. The van der Waals surface area contributed by atoms with Gasteiger partial charge in [0.2, 0.25) is 10.0 Å². The lowest BCUT2D eigenvalue weighted by molar-refractivity contribution is -0.123. The van der Waals surface area contributed by atoms with Crippen molar-refractivity contribution in [1.82, 2.24) is 14.6 Å². The van der Waals surface area contributed by atoms with Crippen LogP contribution in [-0.4, -0.2) is 43.9 Å². The highest BCUT2D eigenvalue weighted by atomic mass is 32.2. The Morgan fingerprint density at radius 2 is 1.78 bits per heavy atom. The summed E-state index contributed by atoms with van der Waals surface area (Å²) in [5.74, 6) is -2.20. The third kappa shape index (κ3) is 5.25. The number of rotatable bonds is 7. The fourth-order valence-electron chi connectivity index (χ4n) is 2.18. The molecule has 2 amide bonds. The zero-order valence-corrected chi connectivity index (χ0v) is 15.6. The molecule has 0 aliphatic heterocycles. The second-order valence-corrected chi connectivity index (χ2v) is 7.25. The lowest BCUT2D eigenvalue weighted by atomic mass is 10.2. The van der Waals surface area contributed by atoms with Crippen molar-refractivity contribution in [3.63, 3.8) is 0 Å². The molecule has 0 saturated carbocycles. The van der Waals surface area contributed by atoms with Crippen molar-refractivity contribution in [2.45, 2.75) is 11.8 Å². The number of aromatic nitrogens is 1. The second kappa shape index (κ2) is 8.60. The predicted octanol–water partition coefficient (Wildman–Crippen LogP) is 0.437. The van der Waals surface area contributed by atoms with Gasteiger partial charge in [0.1, 0.15) is 5.69 Å². The maximum atomic E-state index is 11.9. The topological polar surface area (TPSA) is 124 Å². The van der Waals surface area contributed by atoms with Gasteiger partial charge in [0.15, 0.2) is 6.61 Å². The zero-order valence-electron chi connectivity index (χ0n) is 14.8. The molecule has 0 spiro atoms. The van der Waals surface area contributed by atoms with E-state index in [9.17, 15) is 22.8 Å². The number of sulfonamides is 1. The average Bonchev–Trinajstić information content (AvgIpc) is 3.06. The van der Waals surface area contributed by atoms with E-state index in [1.807, 2.05) is 0 Å². The number of aryl methyl sites for hydroxylation is 1. The van der Waals surface area contributed by atoms with Crippen LogP contribution in [0.25, 0.3) is 0 Å². The van der Waals surface area contributed by atoms with Crippen molar-refractivity contribution in [3.8, 4) is 0 Å². The monoisotopic (exact) mass is 393 g/mol. The van der Waals surface area contributed by atoms with E-state index in [0.29, 0.717) is 0 Å². The summed E-state index contributed by atoms with van der Waals surface area (Å²) in [5.41, 5.74) is 0.360. The molecule has 0 unspecified atom stereocenters. The van der Waals surface area contributed by atoms with Crippen molar-refractivity contribution in [3.05, 3.63) is 53.9 Å². The number of nitrogens with one attached hydrogen (secondary N) is 2. The standard InChI is InChI=1S/C17H19N3O6S/c1-3-18-27(24,25)13-8-6-12(7-9-13)17(23)26-11-15(21)19-16(22)14-5-4-10-20(14)2/h4-10,18H,3,11H2,1-2H3,(H,19,21,22). The minimum absolute atomic E-state index is 0.00630. The van der Waals surface area contributed by atoms with Crippen molar-refractivity contribution >= 4 is 27.8 Å². The molecule has 0 radical (unpaired) electrons. The maximum Gasteiger partial charge on any atom is 0.338 e. The van der Waals surface area contributed by atoms with Crippen LogP contribution >= 0.6 is 0 Å². The van der Waals surface area contributed by atoms with Crippen LogP contribution in [-0.2, 0) is 26.6 Å². The van der Waals surface area contributed by atoms with E-state index in [2.05, 4.69) is 10.0 Å². The maximum absolute atomic E-state index is 11.9. The Balaban J connectivity index is 1.91. The Hall–Kier alpha value is -2.98. The van der Waals surface area contributed by atoms with E-state index in [4.69, 9.17) is 4.74 Å². The van der Waals surface area contributed by atoms with Crippen LogP contribution in [0.2, 0.25) is 0 Å². The molecule has 0 bridgehead atoms. The van der Waals surface area contributed by atoms with Gasteiger partial charge in [0.05, 0.1) is 10.5 Å². The van der Waals surface area contributed by atoms with E-state index in [1.165, 1.54) is 34.9 Å². The van der Waals surface area contributed by atoms with Crippen LogP contribution in [0.5, 0.6) is 0 Å². The van der Waals surface area contributed by atoms with Crippen molar-refractivity contribution in [1.29, 1.82) is 0 Å². The molecule has 1 heterocycles. The first-order valence-electron chi connectivity index (χ1n) is 7.97. The lowest BCUT2D eigenvalue weighted by Gasteiger charge is -2.07. The molecule has 0 fully saturated rings. The summed E-state index contributed by atoms with van der Waals surface area (Å²) in [5, 5.41) is 2.11. The molecule has 27 heavy (non-hydrogen) atoms. The van der Waals surface area contributed by atoms with Crippen LogP contribution in [0, 0.1) is 0 Å². The molecule has 1 aromatic carbocycles. The molecule has 10 heteroatoms. The first kappa shape index (κ1) is 20.3. The van der Waals surface area contributed by atoms with Gasteiger partial charge < -0.3 is 9.30 Å². The number of imide groups is 1. The predicted molar refractivity (Wildman–Crippen MR) is 95.5 cm³/mol. The average molecular weight is 393 g/mol. The third-order valence-electron chi connectivity index (χ3n) is 3.50. The largest absolute Gasteiger partial charge is 0.452 e. The van der Waals surface area contributed by atoms with Crippen LogP contribution in [0.4, 0.5) is 0 Å². The van der Waals surface area contributed by atoms with Crippen LogP contribution < -0.4 is 10.0 Å². The summed E-state index contributed by atoms with van der Waals surface area (Å²) >= 11 is 0. The number of benzene rings is 1. The molecule has 144 valence electrons. The Labute approximate surface area is 156 Å². The summed E-state index contributed by atoms with van der Waals surface area (Å²) < 4.78 is 32.4. The number of carbonyl (C=O) groups excluding carboxylic acids is 3. The van der Waals surface area contributed by atoms with E-state index in [0.717, 1.165) is 0 Å². The fraction of sp³-hybridized carbons (Fsp3) is 0.235. The van der Waals surface area contributed by atoms with Gasteiger partial charge in [-0.25, -0.2) is 17.9 Å². The summed E-state index contributed by atoms with van der Waals surface area (Å²) in [6.07, 6.45) is 1.65. The third-order valence-corrected chi connectivity index (χ3v) is 5.06. The molecule has 2 N–H and O–H groups in total. The molecule has 0 aliphatic rings. The minimum Gasteiger partial charge on any atom is -0.452 e. The molecule has 0 saturated heterocycles. The normalized spacial score (nSPS) is 11.0. The van der Waals surface area contributed by atoms with Gasteiger partial charge in [-0.1, -0.05) is 6.92 Å². The van der Waals surface area contributed by atoms with Crippen LogP contribution in [0.1, 0.15) is 27.8 Å². The molecular formula is C17H19N3O6S. The summed E-state index contributed by atoms with van der Waals surface area (Å²) in [4.78, 5) is 35.6. The number of carbonyl (C=O) groups is 3. The van der Waals surface area contributed by atoms with Gasteiger partial charge in [0.25, 0.3) is 11.8 Å². The second-order valence-electron chi connectivity index (χ2n) is 5.48.